The van der Waals surface area contributed by atoms with Gasteiger partial charge in [-0.2, -0.15) is 0 Å². The van der Waals surface area contributed by atoms with Crippen LogP contribution in [0.5, 0.6) is 0 Å². The Balaban J connectivity index is 1.78. The fourth-order valence-corrected chi connectivity index (χ4v) is 1.40. The summed E-state index contributed by atoms with van der Waals surface area (Å²) in [4.78, 5) is 11.2. The number of rotatable bonds is 7. The Morgan fingerprint density at radius 2 is 2.42 bits per heavy atom. The number of carbonyl (C=O) groups excluding carboxylic acids is 1. The average Bonchev–Trinajstić information content (AvgIpc) is 3.06. The molecule has 0 atom stereocenters. The van der Waals surface area contributed by atoms with Crippen LogP contribution in [0, 0.1) is 0 Å². The van der Waals surface area contributed by atoms with Crippen LogP contribution in [0.2, 0.25) is 0 Å². The van der Waals surface area contributed by atoms with Gasteiger partial charge in [0.05, 0.1) is 12.9 Å². The van der Waals surface area contributed by atoms with Gasteiger partial charge in [0, 0.05) is 12.6 Å². The smallest absolute Gasteiger partial charge is 0.246 e. The molecule has 0 radical (unpaired) electrons. The van der Waals surface area contributed by atoms with Gasteiger partial charge in [-0.1, -0.05) is 11.2 Å². The first-order valence-corrected chi connectivity index (χ1v) is 5.74. The third kappa shape index (κ3) is 3.82. The summed E-state index contributed by atoms with van der Waals surface area (Å²) >= 11 is 0. The van der Waals surface area contributed by atoms with Crippen molar-refractivity contribution in [1.29, 1.82) is 0 Å². The van der Waals surface area contributed by atoms with Crippen molar-refractivity contribution in [2.75, 3.05) is 13.2 Å². The Morgan fingerprint density at radius 1 is 1.53 bits per heavy atom. The summed E-state index contributed by atoms with van der Waals surface area (Å²) in [6.07, 6.45) is 3.16. The van der Waals surface area contributed by atoms with Crippen molar-refractivity contribution in [2.24, 2.45) is 0 Å². The summed E-state index contributed by atoms with van der Waals surface area (Å²) in [5, 5.41) is 6.43. The number of furan rings is 1. The summed E-state index contributed by atoms with van der Waals surface area (Å²) in [7, 11) is 0. The molecule has 0 aliphatic carbocycles. The van der Waals surface area contributed by atoms with Gasteiger partial charge in [-0.3, -0.25) is 4.79 Å². The van der Waals surface area contributed by atoms with E-state index in [1.807, 2.05) is 0 Å². The zero-order chi connectivity index (χ0) is 13.5. The van der Waals surface area contributed by atoms with Crippen LogP contribution in [-0.4, -0.2) is 24.2 Å². The lowest BCUT2D eigenvalue weighted by Gasteiger charge is -2.01. The Kier molecular flexibility index (Phi) is 4.52. The molecule has 2 aromatic rings. The summed E-state index contributed by atoms with van der Waals surface area (Å²) in [6, 6.07) is 5.24. The Hall–Kier alpha value is -2.34. The van der Waals surface area contributed by atoms with E-state index in [4.69, 9.17) is 13.7 Å². The van der Waals surface area contributed by atoms with Crippen LogP contribution in [0.1, 0.15) is 5.69 Å². The first-order chi connectivity index (χ1) is 9.29. The molecule has 1 N–H and O–H groups in total. The third-order valence-electron chi connectivity index (χ3n) is 2.25. The highest BCUT2D eigenvalue weighted by molar-refractivity contribution is 5.77. The summed E-state index contributed by atoms with van der Waals surface area (Å²) in [5.74, 6) is 0.928. The lowest BCUT2D eigenvalue weighted by Crippen LogP contribution is -2.27. The molecule has 0 bridgehead atoms. The van der Waals surface area contributed by atoms with E-state index in [-0.39, 0.29) is 19.1 Å². The van der Waals surface area contributed by atoms with E-state index in [1.54, 1.807) is 30.5 Å². The number of nitrogens with zero attached hydrogens (tertiary/aromatic N) is 1. The zero-order valence-corrected chi connectivity index (χ0v) is 10.3. The average molecular weight is 262 g/mol. The van der Waals surface area contributed by atoms with Crippen molar-refractivity contribution in [3.05, 3.63) is 42.8 Å². The maximum atomic E-state index is 11.2. The van der Waals surface area contributed by atoms with Gasteiger partial charge in [0.1, 0.15) is 12.3 Å². The first kappa shape index (κ1) is 13.1. The molecule has 0 aliphatic heterocycles. The molecule has 0 spiro atoms. The van der Waals surface area contributed by atoms with Crippen molar-refractivity contribution >= 4 is 5.91 Å². The van der Waals surface area contributed by atoms with Crippen molar-refractivity contribution in [3.8, 4) is 11.5 Å². The summed E-state index contributed by atoms with van der Waals surface area (Å²) in [5.41, 5.74) is 0.600. The highest BCUT2D eigenvalue weighted by atomic mass is 16.5. The Morgan fingerprint density at radius 3 is 3.16 bits per heavy atom. The van der Waals surface area contributed by atoms with Crippen LogP contribution in [0.4, 0.5) is 0 Å². The highest BCUT2D eigenvalue weighted by Gasteiger charge is 2.09. The van der Waals surface area contributed by atoms with Gasteiger partial charge in [-0.15, -0.1) is 6.58 Å². The number of ether oxygens (including phenoxy) is 1. The molecule has 0 saturated heterocycles. The van der Waals surface area contributed by atoms with Crippen LogP contribution in [0.15, 0.2) is 46.1 Å². The summed E-state index contributed by atoms with van der Waals surface area (Å²) < 4.78 is 15.5. The van der Waals surface area contributed by atoms with E-state index >= 15 is 0 Å². The van der Waals surface area contributed by atoms with E-state index in [0.29, 0.717) is 23.8 Å². The maximum absolute atomic E-state index is 11.2. The topological polar surface area (TPSA) is 77.5 Å². The SMILES string of the molecule is C=CCNC(=O)COCc1cc(-c2ccco2)on1. The molecular formula is C13H14N2O4. The molecule has 2 rings (SSSR count). The van der Waals surface area contributed by atoms with Crippen molar-refractivity contribution in [3.63, 3.8) is 0 Å². The lowest BCUT2D eigenvalue weighted by atomic mass is 10.3. The molecule has 6 nitrogen and oxygen atoms in total. The highest BCUT2D eigenvalue weighted by Crippen LogP contribution is 2.20. The van der Waals surface area contributed by atoms with Crippen LogP contribution >= 0.6 is 0 Å². The Bertz CT molecular complexity index is 531. The molecular weight excluding hydrogens is 248 g/mol. The number of hydrogen-bond donors (Lipinski definition) is 1. The van der Waals surface area contributed by atoms with E-state index in [0.717, 1.165) is 0 Å². The molecule has 6 heteroatoms. The fourth-order valence-electron chi connectivity index (χ4n) is 1.40. The van der Waals surface area contributed by atoms with Crippen LogP contribution in [0.25, 0.3) is 11.5 Å². The predicted molar refractivity (Wildman–Crippen MR) is 67.1 cm³/mol. The van der Waals surface area contributed by atoms with Gasteiger partial charge < -0.3 is 19.0 Å². The molecule has 1 amide bonds. The van der Waals surface area contributed by atoms with Gasteiger partial charge in [-0.25, -0.2) is 0 Å². The number of aromatic nitrogens is 1. The second-order valence-corrected chi connectivity index (χ2v) is 3.75. The molecule has 100 valence electrons. The molecule has 0 saturated carbocycles. The molecule has 0 aromatic carbocycles. The quantitative estimate of drug-likeness (QED) is 0.769. The molecule has 0 aliphatic rings. The first-order valence-electron chi connectivity index (χ1n) is 5.74. The minimum Gasteiger partial charge on any atom is -0.461 e. The maximum Gasteiger partial charge on any atom is 0.246 e. The van der Waals surface area contributed by atoms with E-state index < -0.39 is 0 Å². The number of nitrogens with one attached hydrogen (secondary N) is 1. The largest absolute Gasteiger partial charge is 0.461 e. The predicted octanol–water partition coefficient (Wildman–Crippen LogP) is 1.75. The molecule has 2 heterocycles. The fraction of sp³-hybridized carbons (Fsp3) is 0.231. The second kappa shape index (κ2) is 6.55. The van der Waals surface area contributed by atoms with Crippen molar-refractivity contribution < 1.29 is 18.5 Å². The van der Waals surface area contributed by atoms with Crippen LogP contribution in [-0.2, 0) is 16.1 Å². The van der Waals surface area contributed by atoms with Gasteiger partial charge in [0.2, 0.25) is 11.7 Å². The van der Waals surface area contributed by atoms with E-state index in [2.05, 4.69) is 17.1 Å². The molecule has 0 unspecified atom stereocenters. The van der Waals surface area contributed by atoms with Gasteiger partial charge >= 0.3 is 0 Å². The second-order valence-electron chi connectivity index (χ2n) is 3.75. The zero-order valence-electron chi connectivity index (χ0n) is 10.3. The molecule has 0 fully saturated rings. The minimum atomic E-state index is -0.199. The normalized spacial score (nSPS) is 10.3. The Labute approximate surface area is 110 Å². The standard InChI is InChI=1S/C13H14N2O4/c1-2-5-14-13(16)9-17-8-10-7-12(19-15-10)11-4-3-6-18-11/h2-4,6-7H,1,5,8-9H2,(H,14,16). The third-order valence-corrected chi connectivity index (χ3v) is 2.25. The lowest BCUT2D eigenvalue weighted by molar-refractivity contribution is -0.125. The molecule has 19 heavy (non-hydrogen) atoms. The number of carbonyl (C=O) groups is 1. The monoisotopic (exact) mass is 262 g/mol. The van der Waals surface area contributed by atoms with E-state index in [9.17, 15) is 4.79 Å². The van der Waals surface area contributed by atoms with Crippen molar-refractivity contribution in [2.45, 2.75) is 6.61 Å². The van der Waals surface area contributed by atoms with Crippen LogP contribution in [0.3, 0.4) is 0 Å². The minimum absolute atomic E-state index is 0.0310. The van der Waals surface area contributed by atoms with Gasteiger partial charge in [-0.05, 0) is 12.1 Å². The van der Waals surface area contributed by atoms with E-state index in [1.165, 1.54) is 0 Å². The van der Waals surface area contributed by atoms with Gasteiger partial charge in [0.15, 0.2) is 5.76 Å². The molecule has 2 aromatic heterocycles. The number of hydrogen-bond acceptors (Lipinski definition) is 5. The number of amides is 1. The van der Waals surface area contributed by atoms with Crippen molar-refractivity contribution in [1.82, 2.24) is 10.5 Å². The van der Waals surface area contributed by atoms with Crippen LogP contribution < -0.4 is 5.32 Å². The van der Waals surface area contributed by atoms with Gasteiger partial charge in [0.25, 0.3) is 0 Å². The summed E-state index contributed by atoms with van der Waals surface area (Å²) in [6.45, 7) is 4.10.